The van der Waals surface area contributed by atoms with Crippen molar-refractivity contribution in [3.05, 3.63) is 29.3 Å². The van der Waals surface area contributed by atoms with Gasteiger partial charge in [-0.1, -0.05) is 12.1 Å². The summed E-state index contributed by atoms with van der Waals surface area (Å²) in [5, 5.41) is 0. The van der Waals surface area contributed by atoms with Crippen molar-refractivity contribution in [2.24, 2.45) is 5.73 Å². The molecule has 0 aliphatic rings. The van der Waals surface area contributed by atoms with Gasteiger partial charge in [-0.25, -0.2) is 8.42 Å². The summed E-state index contributed by atoms with van der Waals surface area (Å²) >= 11 is 0. The average Bonchev–Trinajstić information content (AvgIpc) is 2.01. The number of sulfone groups is 1. The van der Waals surface area contributed by atoms with Crippen molar-refractivity contribution < 1.29 is 13.2 Å². The largest absolute Gasteiger partial charge is 0.366 e. The molecule has 0 aliphatic heterocycles. The summed E-state index contributed by atoms with van der Waals surface area (Å²) < 4.78 is 22.6. The van der Waals surface area contributed by atoms with Gasteiger partial charge in [0.2, 0.25) is 5.91 Å². The number of aryl methyl sites for hydroxylation is 1. The lowest BCUT2D eigenvalue weighted by atomic mass is 10.1. The topological polar surface area (TPSA) is 77.2 Å². The molecule has 1 aromatic rings. The normalized spacial score (nSPS) is 11.3. The molecule has 0 spiro atoms. The second-order valence-corrected chi connectivity index (χ2v) is 5.07. The van der Waals surface area contributed by atoms with Crippen LogP contribution in [0.5, 0.6) is 0 Å². The van der Waals surface area contributed by atoms with Gasteiger partial charge in [0, 0.05) is 6.26 Å². The van der Waals surface area contributed by atoms with Gasteiger partial charge in [0.15, 0.2) is 9.84 Å². The molecular weight excluding hydrogens is 202 g/mol. The molecule has 0 fully saturated rings. The van der Waals surface area contributed by atoms with Crippen LogP contribution in [0.1, 0.15) is 15.9 Å². The Balaban J connectivity index is 3.61. The third kappa shape index (κ3) is 1.93. The maximum absolute atomic E-state index is 11.3. The third-order valence-corrected chi connectivity index (χ3v) is 3.02. The van der Waals surface area contributed by atoms with Gasteiger partial charge in [-0.3, -0.25) is 4.79 Å². The van der Waals surface area contributed by atoms with Gasteiger partial charge in [0.05, 0.1) is 10.5 Å². The number of hydrogen-bond donors (Lipinski definition) is 1. The molecule has 0 saturated heterocycles. The van der Waals surface area contributed by atoms with Crippen LogP contribution in [0.25, 0.3) is 0 Å². The van der Waals surface area contributed by atoms with Crippen molar-refractivity contribution in [1.82, 2.24) is 0 Å². The van der Waals surface area contributed by atoms with Crippen LogP contribution in [0, 0.1) is 6.92 Å². The third-order valence-electron chi connectivity index (χ3n) is 1.88. The van der Waals surface area contributed by atoms with Crippen molar-refractivity contribution in [3.8, 4) is 0 Å². The Kier molecular flexibility index (Phi) is 2.62. The first-order valence-corrected chi connectivity index (χ1v) is 5.82. The van der Waals surface area contributed by atoms with Crippen LogP contribution in [0.3, 0.4) is 0 Å². The van der Waals surface area contributed by atoms with E-state index in [1.807, 2.05) is 0 Å². The number of rotatable bonds is 2. The van der Waals surface area contributed by atoms with E-state index >= 15 is 0 Å². The molecule has 14 heavy (non-hydrogen) atoms. The van der Waals surface area contributed by atoms with Crippen molar-refractivity contribution in [2.45, 2.75) is 11.8 Å². The van der Waals surface area contributed by atoms with E-state index < -0.39 is 15.7 Å². The van der Waals surface area contributed by atoms with Gasteiger partial charge >= 0.3 is 0 Å². The molecule has 0 unspecified atom stereocenters. The predicted molar refractivity (Wildman–Crippen MR) is 52.8 cm³/mol. The van der Waals surface area contributed by atoms with E-state index in [2.05, 4.69) is 0 Å². The Morgan fingerprint density at radius 2 is 1.93 bits per heavy atom. The van der Waals surface area contributed by atoms with Gasteiger partial charge in [-0.15, -0.1) is 0 Å². The molecule has 0 bridgehead atoms. The standard InChI is InChI=1S/C9H11NO3S/c1-6-4-3-5-7(14(2,12)13)8(6)9(10)11/h3-5H,1-2H3,(H2,10,11). The van der Waals surface area contributed by atoms with Gasteiger partial charge in [0.1, 0.15) is 0 Å². The van der Waals surface area contributed by atoms with Crippen LogP contribution in [0.4, 0.5) is 0 Å². The van der Waals surface area contributed by atoms with E-state index in [0.717, 1.165) is 6.26 Å². The summed E-state index contributed by atoms with van der Waals surface area (Å²) in [4.78, 5) is 11.0. The number of carbonyl (C=O) groups excluding carboxylic acids is 1. The minimum Gasteiger partial charge on any atom is -0.366 e. The summed E-state index contributed by atoms with van der Waals surface area (Å²) in [7, 11) is -3.40. The first kappa shape index (κ1) is 10.7. The number of carbonyl (C=O) groups is 1. The average molecular weight is 213 g/mol. The number of nitrogens with two attached hydrogens (primary N) is 1. The maximum atomic E-state index is 11.3. The highest BCUT2D eigenvalue weighted by atomic mass is 32.2. The lowest BCUT2D eigenvalue weighted by molar-refractivity contribution is 0.0996. The molecule has 0 aliphatic carbocycles. The summed E-state index contributed by atoms with van der Waals surface area (Å²) in [5.41, 5.74) is 5.76. The van der Waals surface area contributed by atoms with Gasteiger partial charge in [0.25, 0.3) is 0 Å². The van der Waals surface area contributed by atoms with Crippen molar-refractivity contribution in [2.75, 3.05) is 6.26 Å². The molecule has 0 heterocycles. The summed E-state index contributed by atoms with van der Waals surface area (Å²) in [5.74, 6) is -0.719. The Hall–Kier alpha value is -1.36. The molecule has 0 aromatic heterocycles. The summed E-state index contributed by atoms with van der Waals surface area (Å²) in [6.45, 7) is 1.65. The molecule has 4 nitrogen and oxygen atoms in total. The Morgan fingerprint density at radius 1 is 1.36 bits per heavy atom. The first-order valence-electron chi connectivity index (χ1n) is 3.93. The van der Waals surface area contributed by atoms with Crippen LogP contribution in [-0.4, -0.2) is 20.6 Å². The fourth-order valence-electron chi connectivity index (χ4n) is 1.27. The molecule has 0 saturated carbocycles. The first-order chi connectivity index (χ1) is 6.34. The highest BCUT2D eigenvalue weighted by Crippen LogP contribution is 2.18. The molecule has 5 heteroatoms. The SMILES string of the molecule is Cc1cccc(S(C)(=O)=O)c1C(N)=O. The zero-order chi connectivity index (χ0) is 10.9. The van der Waals surface area contributed by atoms with Crippen LogP contribution >= 0.6 is 0 Å². The van der Waals surface area contributed by atoms with E-state index in [9.17, 15) is 13.2 Å². The number of primary amides is 1. The minimum absolute atomic E-state index is 0.00926. The summed E-state index contributed by atoms with van der Waals surface area (Å²) in [6.07, 6.45) is 1.05. The van der Waals surface area contributed by atoms with Crippen LogP contribution in [0.2, 0.25) is 0 Å². The molecule has 1 rings (SSSR count). The molecule has 76 valence electrons. The maximum Gasteiger partial charge on any atom is 0.250 e. The van der Waals surface area contributed by atoms with E-state index in [1.54, 1.807) is 19.1 Å². The fraction of sp³-hybridized carbons (Fsp3) is 0.222. The van der Waals surface area contributed by atoms with Crippen molar-refractivity contribution in [3.63, 3.8) is 0 Å². The number of hydrogen-bond acceptors (Lipinski definition) is 3. The van der Waals surface area contributed by atoms with Gasteiger partial charge in [-0.05, 0) is 18.6 Å². The van der Waals surface area contributed by atoms with E-state index in [0.29, 0.717) is 5.56 Å². The minimum atomic E-state index is -3.40. The lowest BCUT2D eigenvalue weighted by Crippen LogP contribution is -2.17. The zero-order valence-corrected chi connectivity index (χ0v) is 8.76. The molecule has 1 aromatic carbocycles. The Bertz CT molecular complexity index is 477. The fourth-order valence-corrected chi connectivity index (χ4v) is 2.22. The highest BCUT2D eigenvalue weighted by Gasteiger charge is 2.18. The molecular formula is C9H11NO3S. The smallest absolute Gasteiger partial charge is 0.250 e. The number of benzene rings is 1. The molecule has 0 radical (unpaired) electrons. The van der Waals surface area contributed by atoms with Crippen LogP contribution < -0.4 is 5.73 Å². The molecule has 1 amide bonds. The summed E-state index contributed by atoms with van der Waals surface area (Å²) in [6, 6.07) is 4.61. The Labute approximate surface area is 82.7 Å². The van der Waals surface area contributed by atoms with Crippen molar-refractivity contribution >= 4 is 15.7 Å². The second kappa shape index (κ2) is 3.42. The van der Waals surface area contributed by atoms with Gasteiger partial charge < -0.3 is 5.73 Å². The van der Waals surface area contributed by atoms with E-state index in [4.69, 9.17) is 5.73 Å². The second-order valence-electron chi connectivity index (χ2n) is 3.08. The predicted octanol–water partition coefficient (Wildman–Crippen LogP) is 0.497. The Morgan fingerprint density at radius 3 is 2.29 bits per heavy atom. The number of amides is 1. The van der Waals surface area contributed by atoms with E-state index in [1.165, 1.54) is 6.07 Å². The molecule has 2 N–H and O–H groups in total. The monoisotopic (exact) mass is 213 g/mol. The van der Waals surface area contributed by atoms with E-state index in [-0.39, 0.29) is 10.5 Å². The lowest BCUT2D eigenvalue weighted by Gasteiger charge is -2.06. The molecule has 0 atom stereocenters. The van der Waals surface area contributed by atoms with Gasteiger partial charge in [-0.2, -0.15) is 0 Å². The van der Waals surface area contributed by atoms with Crippen LogP contribution in [0.15, 0.2) is 23.1 Å². The zero-order valence-electron chi connectivity index (χ0n) is 7.94. The quantitative estimate of drug-likeness (QED) is 0.777. The van der Waals surface area contributed by atoms with Crippen molar-refractivity contribution in [1.29, 1.82) is 0 Å². The van der Waals surface area contributed by atoms with Crippen LogP contribution in [-0.2, 0) is 9.84 Å². The highest BCUT2D eigenvalue weighted by molar-refractivity contribution is 7.90.